The lowest BCUT2D eigenvalue weighted by Gasteiger charge is -2.30. The van der Waals surface area contributed by atoms with Crippen LogP contribution in [0.4, 0.5) is 0 Å². The van der Waals surface area contributed by atoms with Crippen LogP contribution in [0.2, 0.25) is 0 Å². The third kappa shape index (κ3) is 2.32. The Morgan fingerprint density at radius 3 is 2.81 bits per heavy atom. The fourth-order valence-electron chi connectivity index (χ4n) is 1.91. The van der Waals surface area contributed by atoms with Gasteiger partial charge >= 0.3 is 0 Å². The molecule has 4 heteroatoms. The summed E-state index contributed by atoms with van der Waals surface area (Å²) in [7, 11) is 1.88. The van der Waals surface area contributed by atoms with E-state index in [0.29, 0.717) is 6.04 Å². The van der Waals surface area contributed by atoms with E-state index in [-0.39, 0.29) is 6.04 Å². The van der Waals surface area contributed by atoms with Gasteiger partial charge in [0.1, 0.15) is 0 Å². The highest BCUT2D eigenvalue weighted by Gasteiger charge is 2.34. The largest absolute Gasteiger partial charge is 0.366 e. The highest BCUT2D eigenvalue weighted by Crippen LogP contribution is 2.33. The third-order valence-corrected chi connectivity index (χ3v) is 3.34. The lowest BCUT2D eigenvalue weighted by Crippen LogP contribution is -2.41. The number of aromatic nitrogens is 1. The Hall–Kier alpha value is -1.16. The van der Waals surface area contributed by atoms with Crippen molar-refractivity contribution in [2.75, 3.05) is 7.05 Å². The van der Waals surface area contributed by atoms with E-state index in [2.05, 4.69) is 28.2 Å². The maximum Gasteiger partial charge on any atom is 0.169 e. The van der Waals surface area contributed by atoms with Crippen LogP contribution in [0.1, 0.15) is 31.5 Å². The standard InChI is InChI=1S/C12H17N3S/c1-9(11-5-3-4-8-14-11)15(10-6-7-10)12(16)13-2/h3-5,8-10H,6-7H2,1-2H3,(H,13,16)/t9-/m1/s1. The number of nitrogens with zero attached hydrogens (tertiary/aromatic N) is 2. The second-order valence-electron chi connectivity index (χ2n) is 4.12. The first-order valence-electron chi connectivity index (χ1n) is 5.65. The topological polar surface area (TPSA) is 28.2 Å². The van der Waals surface area contributed by atoms with Gasteiger partial charge in [0.25, 0.3) is 0 Å². The molecule has 0 bridgehead atoms. The van der Waals surface area contributed by atoms with E-state index in [1.54, 1.807) is 0 Å². The first-order valence-corrected chi connectivity index (χ1v) is 6.06. The fourth-order valence-corrected chi connectivity index (χ4v) is 2.21. The molecule has 0 aliphatic heterocycles. The maximum atomic E-state index is 5.36. The van der Waals surface area contributed by atoms with Crippen LogP contribution in [0, 0.1) is 0 Å². The zero-order chi connectivity index (χ0) is 11.5. The van der Waals surface area contributed by atoms with Crippen LogP contribution in [-0.2, 0) is 0 Å². The molecule has 0 saturated heterocycles. The van der Waals surface area contributed by atoms with E-state index >= 15 is 0 Å². The van der Waals surface area contributed by atoms with Crippen molar-refractivity contribution < 1.29 is 0 Å². The lowest BCUT2D eigenvalue weighted by atomic mass is 10.2. The van der Waals surface area contributed by atoms with Crippen molar-refractivity contribution in [3.05, 3.63) is 30.1 Å². The number of rotatable bonds is 3. The summed E-state index contributed by atoms with van der Waals surface area (Å²) in [5.74, 6) is 0. The fraction of sp³-hybridized carbons (Fsp3) is 0.500. The molecule has 1 heterocycles. The Balaban J connectivity index is 2.17. The monoisotopic (exact) mass is 235 g/mol. The summed E-state index contributed by atoms with van der Waals surface area (Å²) in [6.45, 7) is 2.16. The molecule has 0 radical (unpaired) electrons. The third-order valence-electron chi connectivity index (χ3n) is 2.92. The molecule has 0 unspecified atom stereocenters. The first kappa shape index (κ1) is 11.3. The molecule has 1 aromatic heterocycles. The van der Waals surface area contributed by atoms with Gasteiger partial charge in [-0.3, -0.25) is 4.98 Å². The van der Waals surface area contributed by atoms with Crippen LogP contribution in [0.15, 0.2) is 24.4 Å². The van der Waals surface area contributed by atoms with Crippen molar-refractivity contribution >= 4 is 17.3 Å². The number of pyridine rings is 1. The van der Waals surface area contributed by atoms with Gasteiger partial charge in [-0.25, -0.2) is 0 Å². The zero-order valence-electron chi connectivity index (χ0n) is 9.68. The average molecular weight is 235 g/mol. The first-order chi connectivity index (χ1) is 7.74. The SMILES string of the molecule is CNC(=S)N(C1CC1)[C@H](C)c1ccccn1. The van der Waals surface area contributed by atoms with Gasteiger partial charge < -0.3 is 10.2 Å². The van der Waals surface area contributed by atoms with E-state index < -0.39 is 0 Å². The molecule has 0 amide bonds. The molecule has 0 spiro atoms. The average Bonchev–Trinajstić information content (AvgIpc) is 3.14. The summed E-state index contributed by atoms with van der Waals surface area (Å²) in [5.41, 5.74) is 1.08. The van der Waals surface area contributed by atoms with Crippen LogP contribution in [0.5, 0.6) is 0 Å². The van der Waals surface area contributed by atoms with Gasteiger partial charge in [-0.05, 0) is 44.1 Å². The van der Waals surface area contributed by atoms with Crippen LogP contribution >= 0.6 is 12.2 Å². The van der Waals surface area contributed by atoms with Crippen molar-refractivity contribution in [3.63, 3.8) is 0 Å². The molecule has 1 saturated carbocycles. The minimum atomic E-state index is 0.244. The summed E-state index contributed by atoms with van der Waals surface area (Å²) < 4.78 is 0. The highest BCUT2D eigenvalue weighted by molar-refractivity contribution is 7.80. The van der Waals surface area contributed by atoms with Crippen LogP contribution in [0.25, 0.3) is 0 Å². The summed E-state index contributed by atoms with van der Waals surface area (Å²) >= 11 is 5.36. The molecular weight excluding hydrogens is 218 g/mol. The van der Waals surface area contributed by atoms with Gasteiger partial charge in [0.15, 0.2) is 5.11 Å². The van der Waals surface area contributed by atoms with Gasteiger partial charge in [-0.15, -0.1) is 0 Å². The summed E-state index contributed by atoms with van der Waals surface area (Å²) in [5, 5.41) is 3.89. The van der Waals surface area contributed by atoms with E-state index in [1.165, 1.54) is 12.8 Å². The number of hydrogen-bond donors (Lipinski definition) is 1. The van der Waals surface area contributed by atoms with E-state index in [1.807, 2.05) is 25.4 Å². The quantitative estimate of drug-likeness (QED) is 0.812. The lowest BCUT2D eigenvalue weighted by molar-refractivity contribution is 0.318. The Kier molecular flexibility index (Phi) is 3.39. The summed E-state index contributed by atoms with van der Waals surface area (Å²) in [6, 6.07) is 6.85. The zero-order valence-corrected chi connectivity index (χ0v) is 10.5. The second-order valence-corrected chi connectivity index (χ2v) is 4.51. The molecule has 16 heavy (non-hydrogen) atoms. The van der Waals surface area contributed by atoms with Gasteiger partial charge in [0, 0.05) is 19.3 Å². The molecule has 0 aromatic carbocycles. The minimum absolute atomic E-state index is 0.244. The van der Waals surface area contributed by atoms with Crippen molar-refractivity contribution in [1.29, 1.82) is 0 Å². The van der Waals surface area contributed by atoms with Gasteiger partial charge in [0.2, 0.25) is 0 Å². The van der Waals surface area contributed by atoms with E-state index in [4.69, 9.17) is 12.2 Å². The molecule has 1 fully saturated rings. The predicted molar refractivity (Wildman–Crippen MR) is 69.2 cm³/mol. The normalized spacial score (nSPS) is 16.6. The molecule has 1 atom stereocenters. The van der Waals surface area contributed by atoms with E-state index in [9.17, 15) is 0 Å². The summed E-state index contributed by atoms with van der Waals surface area (Å²) in [6.07, 6.45) is 4.30. The molecular formula is C12H17N3S. The Morgan fingerprint density at radius 2 is 2.31 bits per heavy atom. The molecule has 1 aliphatic carbocycles. The molecule has 2 rings (SSSR count). The molecule has 1 aromatic rings. The highest BCUT2D eigenvalue weighted by atomic mass is 32.1. The van der Waals surface area contributed by atoms with Crippen molar-refractivity contribution in [2.24, 2.45) is 0 Å². The van der Waals surface area contributed by atoms with Gasteiger partial charge in [0.05, 0.1) is 11.7 Å². The Labute approximate surface area is 102 Å². The number of thiocarbonyl (C=S) groups is 1. The van der Waals surface area contributed by atoms with Crippen LogP contribution < -0.4 is 5.32 Å². The van der Waals surface area contributed by atoms with Crippen molar-refractivity contribution in [2.45, 2.75) is 31.8 Å². The Morgan fingerprint density at radius 1 is 1.56 bits per heavy atom. The second kappa shape index (κ2) is 4.78. The smallest absolute Gasteiger partial charge is 0.169 e. The maximum absolute atomic E-state index is 5.36. The van der Waals surface area contributed by atoms with Crippen LogP contribution in [-0.4, -0.2) is 28.1 Å². The van der Waals surface area contributed by atoms with E-state index in [0.717, 1.165) is 10.8 Å². The molecule has 1 N–H and O–H groups in total. The van der Waals surface area contributed by atoms with Crippen molar-refractivity contribution in [3.8, 4) is 0 Å². The minimum Gasteiger partial charge on any atom is -0.366 e. The summed E-state index contributed by atoms with van der Waals surface area (Å²) in [4.78, 5) is 6.66. The molecule has 86 valence electrons. The number of nitrogens with one attached hydrogen (secondary N) is 1. The molecule has 3 nitrogen and oxygen atoms in total. The number of hydrogen-bond acceptors (Lipinski definition) is 2. The van der Waals surface area contributed by atoms with Gasteiger partial charge in [-0.1, -0.05) is 6.07 Å². The molecule has 1 aliphatic rings. The predicted octanol–water partition coefficient (Wildman–Crippen LogP) is 2.11. The Bertz CT molecular complexity index is 362. The van der Waals surface area contributed by atoms with Gasteiger partial charge in [-0.2, -0.15) is 0 Å². The van der Waals surface area contributed by atoms with Crippen LogP contribution in [0.3, 0.4) is 0 Å². The van der Waals surface area contributed by atoms with Crippen molar-refractivity contribution in [1.82, 2.24) is 15.2 Å².